The van der Waals surface area contributed by atoms with E-state index in [1.54, 1.807) is 45.0 Å². The molecule has 2 aromatic carbocycles. The molecule has 1 atom stereocenters. The van der Waals surface area contributed by atoms with Gasteiger partial charge in [0.25, 0.3) is 0 Å². The second-order valence-electron chi connectivity index (χ2n) is 8.75. The number of carbonyl (C=O) groups excluding carboxylic acids is 3. The van der Waals surface area contributed by atoms with Crippen molar-refractivity contribution in [3.8, 4) is 0 Å². The molecule has 0 radical (unpaired) electrons. The van der Waals surface area contributed by atoms with E-state index in [4.69, 9.17) is 9.47 Å². The molecule has 0 spiro atoms. The zero-order chi connectivity index (χ0) is 25.0. The number of carbonyl (C=O) groups is 3. The third-order valence-corrected chi connectivity index (χ3v) is 5.03. The minimum absolute atomic E-state index is 0.0194. The van der Waals surface area contributed by atoms with Crippen LogP contribution in [0.3, 0.4) is 0 Å². The van der Waals surface area contributed by atoms with Crippen LogP contribution in [0.2, 0.25) is 0 Å². The van der Waals surface area contributed by atoms with Gasteiger partial charge in [-0.2, -0.15) is 0 Å². The molecule has 9 heteroatoms. The lowest BCUT2D eigenvalue weighted by atomic mass is 10.0. The minimum Gasteiger partial charge on any atom is -0.467 e. The second-order valence-corrected chi connectivity index (χ2v) is 8.75. The van der Waals surface area contributed by atoms with E-state index < -0.39 is 53.2 Å². The Kier molecular flexibility index (Phi) is 7.34. The Hall–Kier alpha value is -3.75. The van der Waals surface area contributed by atoms with E-state index in [9.17, 15) is 23.2 Å². The lowest BCUT2D eigenvalue weighted by Crippen LogP contribution is -2.43. The highest BCUT2D eigenvalue weighted by Gasteiger charge is 2.26. The average Bonchev–Trinajstić information content (AvgIpc) is 3.13. The maximum atomic E-state index is 13.9. The van der Waals surface area contributed by atoms with Gasteiger partial charge in [0.2, 0.25) is 5.91 Å². The summed E-state index contributed by atoms with van der Waals surface area (Å²) in [6.45, 7) is 5.25. The molecule has 0 unspecified atom stereocenters. The molecule has 0 saturated carbocycles. The highest BCUT2D eigenvalue weighted by atomic mass is 19.1. The molecule has 1 amide bonds. The Labute approximate surface area is 195 Å². The molecule has 1 heterocycles. The third-order valence-electron chi connectivity index (χ3n) is 5.03. The van der Waals surface area contributed by atoms with Crippen molar-refractivity contribution in [2.24, 2.45) is 0 Å². The number of amides is 1. The number of para-hydroxylation sites is 1. The number of halogens is 2. The fraction of sp³-hybridized carbons (Fsp3) is 0.320. The molecule has 0 bridgehead atoms. The number of hydrogen-bond donors (Lipinski definition) is 1. The largest absolute Gasteiger partial charge is 0.467 e. The number of ether oxygens (including phenoxy) is 2. The van der Waals surface area contributed by atoms with Gasteiger partial charge >= 0.3 is 12.1 Å². The van der Waals surface area contributed by atoms with E-state index in [1.165, 1.54) is 23.9 Å². The fourth-order valence-electron chi connectivity index (χ4n) is 3.54. The number of esters is 1. The van der Waals surface area contributed by atoms with Gasteiger partial charge in [-0.3, -0.25) is 9.36 Å². The lowest BCUT2D eigenvalue weighted by molar-refractivity contribution is -0.145. The van der Waals surface area contributed by atoms with Crippen LogP contribution >= 0.6 is 0 Å². The van der Waals surface area contributed by atoms with Gasteiger partial charge in [0.05, 0.1) is 19.0 Å². The number of fused-ring (bicyclic) bond motifs is 1. The molecule has 1 aromatic heterocycles. The van der Waals surface area contributed by atoms with Gasteiger partial charge in [0, 0.05) is 23.6 Å². The van der Waals surface area contributed by atoms with Crippen molar-refractivity contribution in [3.63, 3.8) is 0 Å². The Bertz CT molecular complexity index is 1210. The fourth-order valence-corrected chi connectivity index (χ4v) is 3.54. The quantitative estimate of drug-likeness (QED) is 0.545. The van der Waals surface area contributed by atoms with Crippen molar-refractivity contribution in [2.75, 3.05) is 7.11 Å². The molecule has 0 saturated heterocycles. The van der Waals surface area contributed by atoms with E-state index in [-0.39, 0.29) is 6.42 Å². The summed E-state index contributed by atoms with van der Waals surface area (Å²) in [5.74, 6) is -3.21. The molecule has 3 rings (SSSR count). The molecule has 0 fully saturated rings. The average molecular weight is 472 g/mol. The standard InChI is InChI=1S/C25H26F2N2O5/c1-25(2,3)34-24(32)29-14-15(16-8-5-6-11-21(16)29)12-20(23(31)33-4)28-22(30)13-17-18(26)9-7-10-19(17)27/h5-11,14,20H,12-13H2,1-4H3,(H,28,30)/t20-/m0/s1. The number of benzene rings is 2. The highest BCUT2D eigenvalue weighted by Crippen LogP contribution is 2.24. The first-order valence-corrected chi connectivity index (χ1v) is 10.6. The van der Waals surface area contributed by atoms with E-state index in [0.29, 0.717) is 16.5 Å². The molecule has 0 aliphatic carbocycles. The van der Waals surface area contributed by atoms with Crippen LogP contribution in [0.25, 0.3) is 10.9 Å². The second kappa shape index (κ2) is 10.0. The first-order valence-electron chi connectivity index (χ1n) is 10.6. The minimum atomic E-state index is -1.15. The third kappa shape index (κ3) is 5.78. The first kappa shape index (κ1) is 24.9. The molecule has 0 aliphatic heterocycles. The van der Waals surface area contributed by atoms with Crippen molar-refractivity contribution >= 4 is 28.9 Å². The summed E-state index contributed by atoms with van der Waals surface area (Å²) in [6, 6.07) is 9.19. The van der Waals surface area contributed by atoms with Gasteiger partial charge in [-0.15, -0.1) is 0 Å². The van der Waals surface area contributed by atoms with Crippen molar-refractivity contribution in [1.82, 2.24) is 9.88 Å². The van der Waals surface area contributed by atoms with Crippen LogP contribution < -0.4 is 5.32 Å². The van der Waals surface area contributed by atoms with E-state index in [2.05, 4.69) is 5.32 Å². The Balaban J connectivity index is 1.88. The predicted octanol–water partition coefficient (Wildman–Crippen LogP) is 4.15. The van der Waals surface area contributed by atoms with Crippen molar-refractivity contribution in [2.45, 2.75) is 45.3 Å². The summed E-state index contributed by atoms with van der Waals surface area (Å²) in [5, 5.41) is 3.17. The Morgan fingerprint density at radius 2 is 1.68 bits per heavy atom. The summed E-state index contributed by atoms with van der Waals surface area (Å²) in [4.78, 5) is 37.7. The molecule has 1 N–H and O–H groups in total. The number of nitrogens with one attached hydrogen (secondary N) is 1. The highest BCUT2D eigenvalue weighted by molar-refractivity contribution is 5.93. The van der Waals surface area contributed by atoms with E-state index in [0.717, 1.165) is 12.1 Å². The summed E-state index contributed by atoms with van der Waals surface area (Å²) in [7, 11) is 1.17. The summed E-state index contributed by atoms with van der Waals surface area (Å²) < 4.78 is 39.5. The maximum Gasteiger partial charge on any atom is 0.419 e. The first-order chi connectivity index (χ1) is 16.0. The topological polar surface area (TPSA) is 86.6 Å². The molecule has 180 valence electrons. The molecule has 7 nitrogen and oxygen atoms in total. The number of rotatable bonds is 6. The number of hydrogen-bond acceptors (Lipinski definition) is 5. The van der Waals surface area contributed by atoms with Crippen LogP contribution in [-0.4, -0.2) is 41.3 Å². The number of nitrogens with zero attached hydrogens (tertiary/aromatic N) is 1. The summed E-state index contributed by atoms with van der Waals surface area (Å²) in [6.07, 6.45) is 0.334. The van der Waals surface area contributed by atoms with Gasteiger partial charge in [0.1, 0.15) is 23.3 Å². The van der Waals surface area contributed by atoms with Crippen LogP contribution in [-0.2, 0) is 31.9 Å². The van der Waals surface area contributed by atoms with Crippen molar-refractivity contribution in [1.29, 1.82) is 0 Å². The van der Waals surface area contributed by atoms with Crippen LogP contribution in [0.1, 0.15) is 31.9 Å². The maximum absolute atomic E-state index is 13.9. The van der Waals surface area contributed by atoms with Crippen LogP contribution in [0.4, 0.5) is 13.6 Å². The summed E-state index contributed by atoms with van der Waals surface area (Å²) in [5.41, 5.74) is 0.0298. The molecule has 0 aliphatic rings. The number of methoxy groups -OCH3 is 1. The number of aromatic nitrogens is 1. The molecular formula is C25H26F2N2O5. The Morgan fingerprint density at radius 1 is 1.03 bits per heavy atom. The van der Waals surface area contributed by atoms with Gasteiger partial charge in [0.15, 0.2) is 0 Å². The zero-order valence-corrected chi connectivity index (χ0v) is 19.4. The molecule has 34 heavy (non-hydrogen) atoms. The smallest absolute Gasteiger partial charge is 0.419 e. The van der Waals surface area contributed by atoms with Crippen molar-refractivity contribution < 1.29 is 32.6 Å². The van der Waals surface area contributed by atoms with Gasteiger partial charge in [-0.05, 0) is 44.5 Å². The molecular weight excluding hydrogens is 446 g/mol. The van der Waals surface area contributed by atoms with Crippen LogP contribution in [0.15, 0.2) is 48.7 Å². The van der Waals surface area contributed by atoms with Gasteiger partial charge in [-0.25, -0.2) is 18.4 Å². The SMILES string of the molecule is COC(=O)[C@H](Cc1cn(C(=O)OC(C)(C)C)c2ccccc12)NC(=O)Cc1c(F)cccc1F. The summed E-state index contributed by atoms with van der Waals surface area (Å²) >= 11 is 0. The van der Waals surface area contributed by atoms with Crippen LogP contribution in [0, 0.1) is 11.6 Å². The lowest BCUT2D eigenvalue weighted by Gasteiger charge is -2.19. The van der Waals surface area contributed by atoms with E-state index >= 15 is 0 Å². The monoisotopic (exact) mass is 472 g/mol. The normalized spacial score (nSPS) is 12.3. The van der Waals surface area contributed by atoms with Crippen molar-refractivity contribution in [3.05, 3.63) is 71.4 Å². The van der Waals surface area contributed by atoms with E-state index in [1.807, 2.05) is 0 Å². The van der Waals surface area contributed by atoms with Crippen LogP contribution in [0.5, 0.6) is 0 Å². The van der Waals surface area contributed by atoms with Gasteiger partial charge < -0.3 is 14.8 Å². The molecule has 3 aromatic rings. The predicted molar refractivity (Wildman–Crippen MR) is 121 cm³/mol. The van der Waals surface area contributed by atoms with Gasteiger partial charge in [-0.1, -0.05) is 24.3 Å². The zero-order valence-electron chi connectivity index (χ0n) is 19.4. The Morgan fingerprint density at radius 3 is 2.29 bits per heavy atom.